The Morgan fingerprint density at radius 1 is 1.16 bits per heavy atom. The number of amides is 2. The zero-order valence-corrected chi connectivity index (χ0v) is 15.2. The minimum absolute atomic E-state index is 0.00390. The lowest BCUT2D eigenvalue weighted by Gasteiger charge is -2.15. The normalized spacial score (nSPS) is 16.8. The zero-order valence-electron chi connectivity index (χ0n) is 13.7. The van der Waals surface area contributed by atoms with Crippen LogP contribution in [0.3, 0.4) is 0 Å². The van der Waals surface area contributed by atoms with Gasteiger partial charge in [0.1, 0.15) is 12.4 Å². The fraction of sp³-hybridized carbons (Fsp3) is 0.278. The van der Waals surface area contributed by atoms with Crippen LogP contribution in [0.25, 0.3) is 0 Å². The SMILES string of the molecule is COCC1CN(c2ccc(OCc3c(Cl)cccc3Cl)cc2)C(=O)N1. The molecule has 132 valence electrons. The Balaban J connectivity index is 1.64. The van der Waals surface area contributed by atoms with Gasteiger partial charge in [0, 0.05) is 28.4 Å². The van der Waals surface area contributed by atoms with Gasteiger partial charge in [0.15, 0.2) is 0 Å². The van der Waals surface area contributed by atoms with Crippen molar-refractivity contribution in [2.75, 3.05) is 25.2 Å². The maximum absolute atomic E-state index is 12.0. The zero-order chi connectivity index (χ0) is 17.8. The van der Waals surface area contributed by atoms with Gasteiger partial charge in [-0.3, -0.25) is 4.90 Å². The molecule has 1 aliphatic rings. The Kier molecular flexibility index (Phi) is 5.68. The summed E-state index contributed by atoms with van der Waals surface area (Å²) in [5, 5.41) is 4.02. The highest BCUT2D eigenvalue weighted by molar-refractivity contribution is 6.35. The molecular weight excluding hydrogens is 363 g/mol. The molecule has 1 fully saturated rings. The lowest BCUT2D eigenvalue weighted by Crippen LogP contribution is -2.30. The van der Waals surface area contributed by atoms with E-state index in [0.717, 1.165) is 11.3 Å². The molecule has 1 heterocycles. The molecule has 1 atom stereocenters. The highest BCUT2D eigenvalue weighted by Crippen LogP contribution is 2.27. The molecule has 1 N–H and O–H groups in total. The van der Waals surface area contributed by atoms with Crippen LogP contribution in [0, 0.1) is 0 Å². The molecule has 0 spiro atoms. The molecular formula is C18H18Cl2N2O3. The predicted octanol–water partition coefficient (Wildman–Crippen LogP) is 4.12. The summed E-state index contributed by atoms with van der Waals surface area (Å²) in [5.74, 6) is 0.674. The van der Waals surface area contributed by atoms with Crippen molar-refractivity contribution in [3.63, 3.8) is 0 Å². The van der Waals surface area contributed by atoms with Crippen molar-refractivity contribution >= 4 is 34.9 Å². The summed E-state index contributed by atoms with van der Waals surface area (Å²) in [4.78, 5) is 13.7. The number of nitrogens with zero attached hydrogens (tertiary/aromatic N) is 1. The van der Waals surface area contributed by atoms with Crippen LogP contribution in [-0.2, 0) is 11.3 Å². The molecule has 2 aromatic carbocycles. The highest BCUT2D eigenvalue weighted by atomic mass is 35.5. The first-order valence-corrected chi connectivity index (χ1v) is 8.57. The van der Waals surface area contributed by atoms with E-state index in [1.54, 1.807) is 30.2 Å². The van der Waals surface area contributed by atoms with Gasteiger partial charge >= 0.3 is 6.03 Å². The van der Waals surface area contributed by atoms with Crippen molar-refractivity contribution in [3.05, 3.63) is 58.1 Å². The topological polar surface area (TPSA) is 50.8 Å². The molecule has 2 aromatic rings. The fourth-order valence-corrected chi connectivity index (χ4v) is 3.17. The number of nitrogens with one attached hydrogen (secondary N) is 1. The van der Waals surface area contributed by atoms with Crippen LogP contribution in [0.4, 0.5) is 10.5 Å². The van der Waals surface area contributed by atoms with E-state index in [1.165, 1.54) is 0 Å². The second-order valence-electron chi connectivity index (χ2n) is 5.70. The summed E-state index contributed by atoms with van der Waals surface area (Å²) in [6, 6.07) is 12.5. The van der Waals surface area contributed by atoms with Crippen LogP contribution in [0.5, 0.6) is 5.75 Å². The molecule has 0 bridgehead atoms. The number of ether oxygens (including phenoxy) is 2. The first kappa shape index (κ1) is 17.9. The third kappa shape index (κ3) is 4.18. The van der Waals surface area contributed by atoms with Crippen LogP contribution >= 0.6 is 23.2 Å². The molecule has 1 unspecified atom stereocenters. The second-order valence-corrected chi connectivity index (χ2v) is 6.51. The van der Waals surface area contributed by atoms with Gasteiger partial charge in [-0.2, -0.15) is 0 Å². The molecule has 0 aromatic heterocycles. The van der Waals surface area contributed by atoms with Crippen LogP contribution in [0.2, 0.25) is 10.0 Å². The fourth-order valence-electron chi connectivity index (χ4n) is 2.67. The number of rotatable bonds is 6. The molecule has 2 amide bonds. The number of urea groups is 1. The van der Waals surface area contributed by atoms with Gasteiger partial charge in [0.25, 0.3) is 0 Å². The van der Waals surface area contributed by atoms with E-state index < -0.39 is 0 Å². The van der Waals surface area contributed by atoms with Gasteiger partial charge in [0.05, 0.1) is 19.2 Å². The van der Waals surface area contributed by atoms with E-state index in [4.69, 9.17) is 32.7 Å². The summed E-state index contributed by atoms with van der Waals surface area (Å²) in [6.07, 6.45) is 0. The standard InChI is InChI=1S/C18H18Cl2N2O3/c1-24-10-12-9-22(18(23)21-12)13-5-7-14(8-6-13)25-11-15-16(19)3-2-4-17(15)20/h2-8,12H,9-11H2,1H3,(H,21,23). The number of methoxy groups -OCH3 is 1. The van der Waals surface area contributed by atoms with Crippen molar-refractivity contribution in [2.24, 2.45) is 0 Å². The number of hydrogen-bond donors (Lipinski definition) is 1. The number of hydrogen-bond acceptors (Lipinski definition) is 3. The summed E-state index contributed by atoms with van der Waals surface area (Å²) < 4.78 is 10.8. The molecule has 3 rings (SSSR count). The molecule has 1 saturated heterocycles. The molecule has 1 aliphatic heterocycles. The van der Waals surface area contributed by atoms with Crippen LogP contribution in [0.15, 0.2) is 42.5 Å². The van der Waals surface area contributed by atoms with Crippen molar-refractivity contribution in [1.82, 2.24) is 5.32 Å². The molecule has 7 heteroatoms. The monoisotopic (exact) mass is 380 g/mol. The van der Waals surface area contributed by atoms with Gasteiger partial charge in [0.2, 0.25) is 0 Å². The van der Waals surface area contributed by atoms with E-state index >= 15 is 0 Å². The summed E-state index contributed by atoms with van der Waals surface area (Å²) in [5.41, 5.74) is 1.55. The van der Waals surface area contributed by atoms with Gasteiger partial charge < -0.3 is 14.8 Å². The van der Waals surface area contributed by atoms with E-state index in [2.05, 4.69) is 5.32 Å². The largest absolute Gasteiger partial charge is 0.489 e. The van der Waals surface area contributed by atoms with Crippen LogP contribution < -0.4 is 15.0 Å². The van der Waals surface area contributed by atoms with Gasteiger partial charge in [-0.1, -0.05) is 29.3 Å². The Morgan fingerprint density at radius 2 is 1.84 bits per heavy atom. The third-order valence-electron chi connectivity index (χ3n) is 3.94. The van der Waals surface area contributed by atoms with E-state index in [-0.39, 0.29) is 18.7 Å². The predicted molar refractivity (Wildman–Crippen MR) is 98.8 cm³/mol. The molecule has 25 heavy (non-hydrogen) atoms. The smallest absolute Gasteiger partial charge is 0.322 e. The minimum atomic E-state index is -0.126. The summed E-state index contributed by atoms with van der Waals surface area (Å²) in [7, 11) is 1.62. The lowest BCUT2D eigenvalue weighted by molar-refractivity contribution is 0.177. The Bertz CT molecular complexity index is 732. The Morgan fingerprint density at radius 3 is 2.48 bits per heavy atom. The van der Waals surface area contributed by atoms with E-state index in [9.17, 15) is 4.79 Å². The van der Waals surface area contributed by atoms with Crippen molar-refractivity contribution in [2.45, 2.75) is 12.6 Å². The second kappa shape index (κ2) is 7.95. The van der Waals surface area contributed by atoms with Crippen molar-refractivity contribution in [1.29, 1.82) is 0 Å². The van der Waals surface area contributed by atoms with Gasteiger partial charge in [-0.15, -0.1) is 0 Å². The lowest BCUT2D eigenvalue weighted by atomic mass is 10.2. The Hall–Kier alpha value is -1.95. The Labute approximate surface area is 156 Å². The van der Waals surface area contributed by atoms with E-state index in [0.29, 0.717) is 28.9 Å². The number of benzene rings is 2. The van der Waals surface area contributed by atoms with Crippen LogP contribution in [0.1, 0.15) is 5.56 Å². The quantitative estimate of drug-likeness (QED) is 0.819. The molecule has 0 aliphatic carbocycles. The van der Waals surface area contributed by atoms with Gasteiger partial charge in [-0.05, 0) is 36.4 Å². The number of anilines is 1. The highest BCUT2D eigenvalue weighted by Gasteiger charge is 2.29. The minimum Gasteiger partial charge on any atom is -0.489 e. The number of halogens is 2. The maximum atomic E-state index is 12.0. The molecule has 5 nitrogen and oxygen atoms in total. The third-order valence-corrected chi connectivity index (χ3v) is 4.65. The molecule has 0 radical (unpaired) electrons. The number of carbonyl (C=O) groups excluding carboxylic acids is 1. The average molecular weight is 381 g/mol. The van der Waals surface area contributed by atoms with E-state index in [1.807, 2.05) is 24.3 Å². The first-order chi connectivity index (χ1) is 12.1. The van der Waals surface area contributed by atoms with Crippen molar-refractivity contribution < 1.29 is 14.3 Å². The average Bonchev–Trinajstić information content (AvgIpc) is 2.96. The van der Waals surface area contributed by atoms with Gasteiger partial charge in [-0.25, -0.2) is 4.79 Å². The number of carbonyl (C=O) groups is 1. The van der Waals surface area contributed by atoms with Crippen LogP contribution in [-0.4, -0.2) is 32.3 Å². The molecule has 0 saturated carbocycles. The first-order valence-electron chi connectivity index (χ1n) is 7.81. The summed E-state index contributed by atoms with van der Waals surface area (Å²) in [6.45, 7) is 1.34. The summed E-state index contributed by atoms with van der Waals surface area (Å²) >= 11 is 12.3. The van der Waals surface area contributed by atoms with Crippen molar-refractivity contribution in [3.8, 4) is 5.75 Å². The maximum Gasteiger partial charge on any atom is 0.322 e.